The molecule has 3 aromatic rings. The Hall–Kier alpha value is -4.58. The van der Waals surface area contributed by atoms with E-state index in [0.29, 0.717) is 22.3 Å². The summed E-state index contributed by atoms with van der Waals surface area (Å²) in [5, 5.41) is 18.1. The highest BCUT2D eigenvalue weighted by Gasteiger charge is 2.27. The number of aliphatic hydroxyl groups excluding tert-OH is 1. The van der Waals surface area contributed by atoms with Gasteiger partial charge in [0.1, 0.15) is 18.4 Å². The normalized spacial score (nSPS) is 18.3. The van der Waals surface area contributed by atoms with Crippen LogP contribution in [0.3, 0.4) is 0 Å². The number of nitrogens with one attached hydrogen (secondary N) is 3. The molecule has 12 heteroatoms. The Morgan fingerprint density at radius 2 is 1.82 bits per heavy atom. The van der Waals surface area contributed by atoms with E-state index >= 15 is 0 Å². The smallest absolute Gasteiger partial charge is 0.254 e. The van der Waals surface area contributed by atoms with Crippen LogP contribution in [-0.2, 0) is 9.59 Å². The lowest BCUT2D eigenvalue weighted by Gasteiger charge is -2.24. The Morgan fingerprint density at radius 3 is 2.59 bits per heavy atom. The molecule has 0 saturated heterocycles. The van der Waals surface area contributed by atoms with Gasteiger partial charge in [0.2, 0.25) is 11.8 Å². The first-order valence-electron chi connectivity index (χ1n) is 12.5. The van der Waals surface area contributed by atoms with Crippen LogP contribution in [0.15, 0.2) is 48.8 Å². The molecule has 2 bridgehead atoms. The molecule has 0 spiro atoms. The van der Waals surface area contributed by atoms with Gasteiger partial charge in [-0.25, -0.2) is 0 Å². The summed E-state index contributed by atoms with van der Waals surface area (Å²) in [6.07, 6.45) is 1.87. The predicted molar refractivity (Wildman–Crippen MR) is 141 cm³/mol. The summed E-state index contributed by atoms with van der Waals surface area (Å²) < 4.78 is 5.76. The van der Waals surface area contributed by atoms with Crippen molar-refractivity contribution in [2.75, 3.05) is 32.8 Å². The SMILES string of the molecule is Cc1ccc2cc1OCCNC(=O)CN(C(=O)c1ccc3nccnc3c1)CCNC(=O)[C@H]([C@@H](C)O)NC2=O. The van der Waals surface area contributed by atoms with E-state index in [4.69, 9.17) is 4.74 Å². The van der Waals surface area contributed by atoms with Gasteiger partial charge in [-0.15, -0.1) is 0 Å². The Kier molecular flexibility index (Phi) is 8.67. The largest absolute Gasteiger partial charge is 0.491 e. The van der Waals surface area contributed by atoms with Gasteiger partial charge in [-0.1, -0.05) is 6.07 Å². The van der Waals surface area contributed by atoms with E-state index in [1.54, 1.807) is 36.5 Å². The first kappa shape index (κ1) is 27.5. The lowest BCUT2D eigenvalue weighted by Crippen LogP contribution is -2.53. The third-order valence-electron chi connectivity index (χ3n) is 6.20. The van der Waals surface area contributed by atoms with Gasteiger partial charge in [-0.05, 0) is 49.7 Å². The summed E-state index contributed by atoms with van der Waals surface area (Å²) in [5.41, 5.74) is 2.48. The number of hydrogen-bond donors (Lipinski definition) is 4. The maximum Gasteiger partial charge on any atom is 0.254 e. The summed E-state index contributed by atoms with van der Waals surface area (Å²) in [5.74, 6) is -1.60. The van der Waals surface area contributed by atoms with Gasteiger partial charge in [-0.3, -0.25) is 29.1 Å². The molecule has 1 aliphatic heterocycles. The number of ether oxygens (including phenoxy) is 1. The lowest BCUT2D eigenvalue weighted by molar-refractivity contribution is -0.125. The number of rotatable bonds is 2. The fourth-order valence-corrected chi connectivity index (χ4v) is 4.06. The van der Waals surface area contributed by atoms with Gasteiger partial charge in [0, 0.05) is 36.6 Å². The quantitative estimate of drug-likeness (QED) is 0.362. The second-order valence-corrected chi connectivity index (χ2v) is 9.15. The lowest BCUT2D eigenvalue weighted by atomic mass is 10.1. The van der Waals surface area contributed by atoms with Crippen LogP contribution in [0.2, 0.25) is 0 Å². The van der Waals surface area contributed by atoms with Crippen molar-refractivity contribution in [3.05, 3.63) is 65.5 Å². The number of aliphatic hydroxyl groups is 1. The minimum Gasteiger partial charge on any atom is -0.491 e. The highest BCUT2D eigenvalue weighted by Crippen LogP contribution is 2.20. The van der Waals surface area contributed by atoms with Gasteiger partial charge in [-0.2, -0.15) is 0 Å². The van der Waals surface area contributed by atoms with E-state index in [-0.39, 0.29) is 38.3 Å². The van der Waals surface area contributed by atoms with Gasteiger partial charge >= 0.3 is 0 Å². The molecule has 1 aliphatic rings. The van der Waals surface area contributed by atoms with E-state index in [9.17, 15) is 24.3 Å². The average Bonchev–Trinajstić information content (AvgIpc) is 2.92. The maximum absolute atomic E-state index is 13.4. The van der Waals surface area contributed by atoms with Gasteiger partial charge in [0.25, 0.3) is 11.8 Å². The average molecular weight is 535 g/mol. The van der Waals surface area contributed by atoms with Crippen LogP contribution < -0.4 is 20.7 Å². The zero-order valence-electron chi connectivity index (χ0n) is 21.6. The van der Waals surface area contributed by atoms with Crippen LogP contribution in [0.5, 0.6) is 5.75 Å². The molecule has 0 radical (unpaired) electrons. The molecule has 204 valence electrons. The Morgan fingerprint density at radius 1 is 1.05 bits per heavy atom. The number of fused-ring (bicyclic) bond motifs is 3. The van der Waals surface area contributed by atoms with Crippen molar-refractivity contribution in [1.82, 2.24) is 30.8 Å². The maximum atomic E-state index is 13.4. The van der Waals surface area contributed by atoms with Crippen LogP contribution >= 0.6 is 0 Å². The number of amides is 4. The number of hydrogen-bond acceptors (Lipinski definition) is 8. The Bertz CT molecular complexity index is 1390. The van der Waals surface area contributed by atoms with E-state index in [0.717, 1.165) is 5.56 Å². The second-order valence-electron chi connectivity index (χ2n) is 9.15. The van der Waals surface area contributed by atoms with Gasteiger partial charge in [0.05, 0.1) is 30.2 Å². The molecule has 4 rings (SSSR count). The molecule has 4 N–H and O–H groups in total. The molecular formula is C27H30N6O6. The van der Waals surface area contributed by atoms with Crippen LogP contribution in [-0.4, -0.2) is 88.5 Å². The molecule has 1 aromatic heterocycles. The van der Waals surface area contributed by atoms with Crippen molar-refractivity contribution >= 4 is 34.7 Å². The number of aromatic nitrogens is 2. The summed E-state index contributed by atoms with van der Waals surface area (Å²) in [6.45, 7) is 3.20. The molecule has 0 aliphatic carbocycles. The van der Waals surface area contributed by atoms with Crippen molar-refractivity contribution in [1.29, 1.82) is 0 Å². The molecule has 12 nitrogen and oxygen atoms in total. The Labute approximate surface area is 224 Å². The van der Waals surface area contributed by atoms with Crippen molar-refractivity contribution < 1.29 is 29.0 Å². The minimum atomic E-state index is -1.25. The minimum absolute atomic E-state index is 0.00650. The summed E-state index contributed by atoms with van der Waals surface area (Å²) in [7, 11) is 0. The molecule has 4 amide bonds. The molecule has 2 aromatic carbocycles. The number of nitrogens with zero attached hydrogens (tertiary/aromatic N) is 3. The molecule has 39 heavy (non-hydrogen) atoms. The third kappa shape index (κ3) is 6.85. The van der Waals surface area contributed by atoms with Crippen LogP contribution in [0.25, 0.3) is 11.0 Å². The molecule has 0 saturated carbocycles. The third-order valence-corrected chi connectivity index (χ3v) is 6.20. The number of carbonyl (C=O) groups is 4. The first-order valence-corrected chi connectivity index (χ1v) is 12.5. The van der Waals surface area contributed by atoms with E-state index < -0.39 is 35.8 Å². The van der Waals surface area contributed by atoms with Crippen LogP contribution in [0, 0.1) is 6.92 Å². The second kappa shape index (κ2) is 12.3. The monoisotopic (exact) mass is 534 g/mol. The Balaban J connectivity index is 1.56. The van der Waals surface area contributed by atoms with E-state index in [1.807, 2.05) is 6.92 Å². The zero-order valence-corrected chi connectivity index (χ0v) is 21.6. The molecule has 2 atom stereocenters. The van der Waals surface area contributed by atoms with Crippen molar-refractivity contribution in [3.63, 3.8) is 0 Å². The van der Waals surface area contributed by atoms with Crippen molar-refractivity contribution in [2.45, 2.75) is 26.0 Å². The number of carbonyl (C=O) groups excluding carboxylic acids is 4. The topological polar surface area (TPSA) is 163 Å². The van der Waals surface area contributed by atoms with Gasteiger partial charge < -0.3 is 30.7 Å². The number of benzene rings is 2. The molecule has 0 unspecified atom stereocenters. The van der Waals surface area contributed by atoms with Crippen molar-refractivity contribution in [3.8, 4) is 5.75 Å². The van der Waals surface area contributed by atoms with Crippen LogP contribution in [0.1, 0.15) is 33.2 Å². The molecular weight excluding hydrogens is 504 g/mol. The molecule has 2 heterocycles. The zero-order chi connectivity index (χ0) is 27.9. The number of aryl methyl sites for hydroxylation is 1. The van der Waals surface area contributed by atoms with E-state index in [1.165, 1.54) is 24.1 Å². The summed E-state index contributed by atoms with van der Waals surface area (Å²) in [6, 6.07) is 8.44. The highest BCUT2D eigenvalue weighted by atomic mass is 16.5. The summed E-state index contributed by atoms with van der Waals surface area (Å²) in [4.78, 5) is 61.6. The highest BCUT2D eigenvalue weighted by molar-refractivity contribution is 5.99. The van der Waals surface area contributed by atoms with E-state index in [2.05, 4.69) is 25.9 Å². The predicted octanol–water partition coefficient (Wildman–Crippen LogP) is 0.185. The van der Waals surface area contributed by atoms with Gasteiger partial charge in [0.15, 0.2) is 0 Å². The van der Waals surface area contributed by atoms with Crippen LogP contribution in [0.4, 0.5) is 0 Å². The standard InChI is InChI=1S/C27H30N6O6/c1-16-3-4-18-14-22(16)39-12-10-30-23(35)15-33(11-9-31-26(37)24(17(2)34)32-25(18)36)27(38)19-5-6-20-21(13-19)29-8-7-28-20/h3-8,13-14,17,24,34H,9-12,15H2,1-2H3,(H,30,35)(H,31,37)(H,32,36)/t17-,24+/m1/s1. The fourth-order valence-electron chi connectivity index (χ4n) is 4.06. The molecule has 0 fully saturated rings. The first-order chi connectivity index (χ1) is 18.7. The summed E-state index contributed by atoms with van der Waals surface area (Å²) >= 11 is 0. The fraction of sp³-hybridized carbons (Fsp3) is 0.333. The van der Waals surface area contributed by atoms with Crippen molar-refractivity contribution in [2.24, 2.45) is 0 Å².